The Bertz CT molecular complexity index is 791. The predicted octanol–water partition coefficient (Wildman–Crippen LogP) is 2.67. The highest BCUT2D eigenvalue weighted by atomic mass is 32.2. The van der Waals surface area contributed by atoms with Crippen LogP contribution in [0.1, 0.15) is 25.3 Å². The van der Waals surface area contributed by atoms with E-state index in [9.17, 15) is 9.59 Å². The van der Waals surface area contributed by atoms with Crippen LogP contribution >= 0.6 is 11.8 Å². The highest BCUT2D eigenvalue weighted by Gasteiger charge is 2.29. The zero-order valence-corrected chi connectivity index (χ0v) is 16.4. The molecule has 1 aliphatic rings. The number of aromatic nitrogens is 3. The van der Waals surface area contributed by atoms with E-state index >= 15 is 0 Å². The third-order valence-corrected chi connectivity index (χ3v) is 5.34. The number of hydrogen-bond donors (Lipinski definition) is 1. The number of aromatic amines is 1. The lowest BCUT2D eigenvalue weighted by atomic mass is 9.98. The summed E-state index contributed by atoms with van der Waals surface area (Å²) >= 11 is 1.30. The SMILES string of the molecule is CCOC(=O)[C@H]1CCCN(C(=O)CSc2n[nH]c(-c3ccc(C)cc3)n2)C1. The second kappa shape index (κ2) is 9.03. The number of nitrogens with zero attached hydrogens (tertiary/aromatic N) is 3. The van der Waals surface area contributed by atoms with E-state index in [1.54, 1.807) is 11.8 Å². The number of H-pyrrole nitrogens is 1. The van der Waals surface area contributed by atoms with Crippen LogP contribution in [0.15, 0.2) is 29.4 Å². The molecule has 0 bridgehead atoms. The van der Waals surface area contributed by atoms with Gasteiger partial charge in [-0.25, -0.2) is 4.98 Å². The average Bonchev–Trinajstić information content (AvgIpc) is 3.16. The van der Waals surface area contributed by atoms with Gasteiger partial charge >= 0.3 is 5.97 Å². The maximum Gasteiger partial charge on any atom is 0.310 e. The van der Waals surface area contributed by atoms with Crippen molar-refractivity contribution in [1.82, 2.24) is 20.1 Å². The van der Waals surface area contributed by atoms with Crippen molar-refractivity contribution in [3.8, 4) is 11.4 Å². The molecular weight excluding hydrogens is 364 g/mol. The van der Waals surface area contributed by atoms with Gasteiger partial charge in [-0.1, -0.05) is 41.6 Å². The largest absolute Gasteiger partial charge is 0.466 e. The fourth-order valence-corrected chi connectivity index (χ4v) is 3.73. The van der Waals surface area contributed by atoms with Crippen LogP contribution in [0.5, 0.6) is 0 Å². The van der Waals surface area contributed by atoms with Crippen molar-refractivity contribution in [1.29, 1.82) is 0 Å². The van der Waals surface area contributed by atoms with Crippen LogP contribution in [0.3, 0.4) is 0 Å². The van der Waals surface area contributed by atoms with Crippen molar-refractivity contribution in [3.05, 3.63) is 29.8 Å². The van der Waals surface area contributed by atoms with E-state index in [1.165, 1.54) is 17.3 Å². The van der Waals surface area contributed by atoms with Crippen LogP contribution in [0.25, 0.3) is 11.4 Å². The molecule has 1 atom stereocenters. The summed E-state index contributed by atoms with van der Waals surface area (Å²) in [5.74, 6) is 0.505. The minimum atomic E-state index is -0.218. The molecular formula is C19H24N4O3S. The van der Waals surface area contributed by atoms with Gasteiger partial charge in [0.25, 0.3) is 0 Å². The van der Waals surface area contributed by atoms with Crippen LogP contribution in [0, 0.1) is 12.8 Å². The van der Waals surface area contributed by atoms with Crippen LogP contribution in [0.2, 0.25) is 0 Å². The number of esters is 1. The number of likely N-dealkylation sites (tertiary alicyclic amines) is 1. The summed E-state index contributed by atoms with van der Waals surface area (Å²) in [5.41, 5.74) is 2.14. The highest BCUT2D eigenvalue weighted by molar-refractivity contribution is 7.99. The second-order valence-electron chi connectivity index (χ2n) is 6.55. The van der Waals surface area contributed by atoms with Crippen molar-refractivity contribution in [3.63, 3.8) is 0 Å². The number of benzene rings is 1. The van der Waals surface area contributed by atoms with E-state index in [4.69, 9.17) is 4.74 Å². The molecule has 1 aromatic carbocycles. The number of carbonyl (C=O) groups is 2. The van der Waals surface area contributed by atoms with Crippen LogP contribution < -0.4 is 0 Å². The minimum absolute atomic E-state index is 0.00400. The van der Waals surface area contributed by atoms with Gasteiger partial charge < -0.3 is 9.64 Å². The molecule has 8 heteroatoms. The number of amides is 1. The number of rotatable bonds is 6. The molecule has 27 heavy (non-hydrogen) atoms. The Kier molecular flexibility index (Phi) is 6.49. The monoisotopic (exact) mass is 388 g/mol. The average molecular weight is 388 g/mol. The van der Waals surface area contributed by atoms with Gasteiger partial charge in [0, 0.05) is 18.7 Å². The van der Waals surface area contributed by atoms with Crippen molar-refractivity contribution in [2.24, 2.45) is 5.92 Å². The van der Waals surface area contributed by atoms with E-state index in [2.05, 4.69) is 15.2 Å². The van der Waals surface area contributed by atoms with Gasteiger partial charge in [-0.15, -0.1) is 5.10 Å². The zero-order chi connectivity index (χ0) is 19.2. The highest BCUT2D eigenvalue weighted by Crippen LogP contribution is 2.22. The van der Waals surface area contributed by atoms with Gasteiger partial charge in [0.2, 0.25) is 11.1 Å². The first-order valence-corrected chi connectivity index (χ1v) is 10.1. The molecule has 7 nitrogen and oxygen atoms in total. The number of piperidine rings is 1. The summed E-state index contributed by atoms with van der Waals surface area (Å²) < 4.78 is 5.08. The quantitative estimate of drug-likeness (QED) is 0.605. The Morgan fingerprint density at radius 2 is 2.11 bits per heavy atom. The van der Waals surface area contributed by atoms with E-state index < -0.39 is 0 Å². The number of ether oxygens (including phenoxy) is 1. The molecule has 1 amide bonds. The van der Waals surface area contributed by atoms with Crippen molar-refractivity contribution in [2.75, 3.05) is 25.4 Å². The Morgan fingerprint density at radius 1 is 1.33 bits per heavy atom. The molecule has 1 N–H and O–H groups in total. The van der Waals surface area contributed by atoms with Crippen LogP contribution in [-0.2, 0) is 14.3 Å². The molecule has 1 saturated heterocycles. The van der Waals surface area contributed by atoms with Gasteiger partial charge in [0.15, 0.2) is 5.82 Å². The molecule has 0 spiro atoms. The zero-order valence-electron chi connectivity index (χ0n) is 15.6. The first-order valence-electron chi connectivity index (χ1n) is 9.13. The van der Waals surface area contributed by atoms with Gasteiger partial charge in [-0.2, -0.15) is 0 Å². The second-order valence-corrected chi connectivity index (χ2v) is 7.49. The number of thioether (sulfide) groups is 1. The Morgan fingerprint density at radius 3 is 2.85 bits per heavy atom. The standard InChI is InChI=1S/C19H24N4O3S/c1-3-26-18(25)15-5-4-10-23(11-15)16(24)12-27-19-20-17(21-22-19)14-8-6-13(2)7-9-14/h6-9,15H,3-5,10-12H2,1-2H3,(H,20,21,22)/t15-/m0/s1. The lowest BCUT2D eigenvalue weighted by Gasteiger charge is -2.31. The van der Waals surface area contributed by atoms with E-state index in [-0.39, 0.29) is 23.5 Å². The molecule has 1 aromatic heterocycles. The molecule has 2 aromatic rings. The maximum absolute atomic E-state index is 12.5. The number of aryl methyl sites for hydroxylation is 1. The summed E-state index contributed by atoms with van der Waals surface area (Å²) in [6.45, 7) is 5.30. The Hall–Kier alpha value is -2.35. The van der Waals surface area contributed by atoms with Gasteiger partial charge in [-0.05, 0) is 26.7 Å². The van der Waals surface area contributed by atoms with E-state index in [0.717, 1.165) is 18.4 Å². The molecule has 2 heterocycles. The predicted molar refractivity (Wildman–Crippen MR) is 103 cm³/mol. The first kappa shape index (κ1) is 19.4. The normalized spacial score (nSPS) is 17.0. The molecule has 0 aliphatic carbocycles. The fourth-order valence-electron chi connectivity index (χ4n) is 3.03. The molecule has 1 fully saturated rings. The third-order valence-electron chi connectivity index (χ3n) is 4.51. The maximum atomic E-state index is 12.5. The van der Waals surface area contributed by atoms with E-state index in [0.29, 0.717) is 30.7 Å². The van der Waals surface area contributed by atoms with Crippen LogP contribution in [0.4, 0.5) is 0 Å². The molecule has 144 valence electrons. The van der Waals surface area contributed by atoms with Crippen molar-refractivity contribution < 1.29 is 14.3 Å². The number of carbonyl (C=O) groups excluding carboxylic acids is 2. The smallest absolute Gasteiger partial charge is 0.310 e. The van der Waals surface area contributed by atoms with Crippen LogP contribution in [-0.4, -0.2) is 57.4 Å². The summed E-state index contributed by atoms with van der Waals surface area (Å²) in [5, 5.41) is 7.63. The van der Waals surface area contributed by atoms with Crippen molar-refractivity contribution >= 4 is 23.6 Å². The molecule has 3 rings (SSSR count). The Balaban J connectivity index is 1.53. The number of nitrogens with one attached hydrogen (secondary N) is 1. The minimum Gasteiger partial charge on any atom is -0.466 e. The molecule has 1 aliphatic heterocycles. The van der Waals surface area contributed by atoms with Gasteiger partial charge in [0.05, 0.1) is 18.3 Å². The van der Waals surface area contributed by atoms with Gasteiger partial charge in [-0.3, -0.25) is 14.7 Å². The molecule has 0 saturated carbocycles. The topological polar surface area (TPSA) is 88.2 Å². The summed E-state index contributed by atoms with van der Waals surface area (Å²) in [4.78, 5) is 30.6. The third kappa shape index (κ3) is 5.09. The van der Waals surface area contributed by atoms with Gasteiger partial charge in [0.1, 0.15) is 0 Å². The Labute approximate surface area is 162 Å². The summed E-state index contributed by atoms with van der Waals surface area (Å²) in [6.07, 6.45) is 1.59. The lowest BCUT2D eigenvalue weighted by Crippen LogP contribution is -2.43. The fraction of sp³-hybridized carbons (Fsp3) is 0.474. The number of hydrogen-bond acceptors (Lipinski definition) is 6. The molecule has 0 unspecified atom stereocenters. The summed E-state index contributed by atoms with van der Waals surface area (Å²) in [7, 11) is 0. The molecule has 0 radical (unpaired) electrons. The lowest BCUT2D eigenvalue weighted by molar-refractivity contribution is -0.151. The first-order chi connectivity index (χ1) is 13.1. The summed E-state index contributed by atoms with van der Waals surface area (Å²) in [6, 6.07) is 8.01. The van der Waals surface area contributed by atoms with Crippen molar-refractivity contribution in [2.45, 2.75) is 31.8 Å². The van der Waals surface area contributed by atoms with E-state index in [1.807, 2.05) is 31.2 Å².